The summed E-state index contributed by atoms with van der Waals surface area (Å²) in [7, 11) is -4.27. The second-order valence-corrected chi connectivity index (χ2v) is 5.19. The van der Waals surface area contributed by atoms with E-state index in [9.17, 15) is 26.4 Å². The molecule has 0 aromatic heterocycles. The Hall–Kier alpha value is -0.830. The van der Waals surface area contributed by atoms with Gasteiger partial charge in [0.05, 0.1) is 5.75 Å². The van der Waals surface area contributed by atoms with Crippen LogP contribution in [0.4, 0.5) is 13.2 Å². The lowest BCUT2D eigenvalue weighted by Crippen LogP contribution is -2.62. The number of alkyl halides is 3. The highest BCUT2D eigenvalue weighted by Crippen LogP contribution is 2.31. The molecule has 0 spiro atoms. The molecule has 2 N–H and O–H groups in total. The SMILES string of the molecule is CCCS(=O)(=O)NC(C)(C(=O)O)C(F)(F)F. The number of rotatable bonds is 5. The van der Waals surface area contributed by atoms with Gasteiger partial charge in [-0.05, 0) is 13.3 Å². The smallest absolute Gasteiger partial charge is 0.418 e. The molecule has 0 rings (SSSR count). The van der Waals surface area contributed by atoms with E-state index in [1.54, 1.807) is 0 Å². The second-order valence-electron chi connectivity index (χ2n) is 3.35. The highest BCUT2D eigenvalue weighted by molar-refractivity contribution is 7.89. The Kier molecular flexibility index (Phi) is 4.34. The molecule has 0 saturated heterocycles. The van der Waals surface area contributed by atoms with E-state index in [4.69, 9.17) is 5.11 Å². The Bertz CT molecular complexity index is 364. The lowest BCUT2D eigenvalue weighted by molar-refractivity contribution is -0.201. The zero-order valence-corrected chi connectivity index (χ0v) is 9.44. The molecule has 0 aliphatic carbocycles. The molecular weight excluding hydrogens is 251 g/mol. The molecule has 0 radical (unpaired) electrons. The zero-order chi connectivity index (χ0) is 13.2. The van der Waals surface area contributed by atoms with Crippen molar-refractivity contribution in [3.63, 3.8) is 0 Å². The van der Waals surface area contributed by atoms with E-state index in [1.807, 2.05) is 0 Å². The van der Waals surface area contributed by atoms with Crippen molar-refractivity contribution in [1.82, 2.24) is 4.72 Å². The predicted molar refractivity (Wildman–Crippen MR) is 49.3 cm³/mol. The van der Waals surface area contributed by atoms with Crippen molar-refractivity contribution in [2.24, 2.45) is 0 Å². The minimum absolute atomic E-state index is 0.0862. The van der Waals surface area contributed by atoms with E-state index in [0.29, 0.717) is 0 Å². The molecule has 0 heterocycles. The quantitative estimate of drug-likeness (QED) is 0.765. The van der Waals surface area contributed by atoms with Crippen LogP contribution in [0.1, 0.15) is 20.3 Å². The fourth-order valence-corrected chi connectivity index (χ4v) is 2.32. The zero-order valence-electron chi connectivity index (χ0n) is 8.63. The summed E-state index contributed by atoms with van der Waals surface area (Å²) >= 11 is 0. The van der Waals surface area contributed by atoms with Crippen LogP contribution in [0.3, 0.4) is 0 Å². The predicted octanol–water partition coefficient (Wildman–Crippen LogP) is 0.721. The Morgan fingerprint density at radius 3 is 2.06 bits per heavy atom. The molecule has 0 aromatic carbocycles. The van der Waals surface area contributed by atoms with Crippen molar-refractivity contribution in [3.8, 4) is 0 Å². The monoisotopic (exact) mass is 263 g/mol. The number of nitrogens with one attached hydrogen (secondary N) is 1. The molecule has 1 atom stereocenters. The van der Waals surface area contributed by atoms with Gasteiger partial charge < -0.3 is 5.11 Å². The topological polar surface area (TPSA) is 83.5 Å². The Morgan fingerprint density at radius 2 is 1.81 bits per heavy atom. The van der Waals surface area contributed by atoms with Crippen LogP contribution in [-0.2, 0) is 14.8 Å². The van der Waals surface area contributed by atoms with Gasteiger partial charge in [-0.1, -0.05) is 6.92 Å². The number of aliphatic carboxylic acids is 1. The first-order valence-corrected chi connectivity index (χ1v) is 5.93. The van der Waals surface area contributed by atoms with Gasteiger partial charge in [0.2, 0.25) is 15.6 Å². The standard InChI is InChI=1S/C7H12F3NO4S/c1-3-4-16(14,15)11-6(2,5(12)13)7(8,9)10/h11H,3-4H2,1-2H3,(H,12,13). The molecule has 0 saturated carbocycles. The Balaban J connectivity index is 5.22. The lowest BCUT2D eigenvalue weighted by Gasteiger charge is -2.28. The molecule has 0 aliphatic heterocycles. The van der Waals surface area contributed by atoms with Gasteiger partial charge in [0, 0.05) is 0 Å². The molecule has 0 aromatic rings. The first-order chi connectivity index (χ1) is 6.96. The summed E-state index contributed by atoms with van der Waals surface area (Å²) in [6.07, 6.45) is -5.12. The Labute approximate surface area is 90.7 Å². The van der Waals surface area contributed by atoms with Crippen molar-refractivity contribution < 1.29 is 31.5 Å². The van der Waals surface area contributed by atoms with E-state index in [1.165, 1.54) is 6.92 Å². The van der Waals surface area contributed by atoms with Gasteiger partial charge >= 0.3 is 12.1 Å². The summed E-state index contributed by atoms with van der Waals surface area (Å²) in [5, 5.41) is 8.45. The van der Waals surface area contributed by atoms with Crippen LogP contribution in [0.25, 0.3) is 0 Å². The number of sulfonamides is 1. The van der Waals surface area contributed by atoms with E-state index >= 15 is 0 Å². The van der Waals surface area contributed by atoms with Crippen molar-refractivity contribution in [1.29, 1.82) is 0 Å². The minimum Gasteiger partial charge on any atom is -0.480 e. The van der Waals surface area contributed by atoms with Gasteiger partial charge in [-0.3, -0.25) is 0 Å². The van der Waals surface area contributed by atoms with E-state index in [0.717, 1.165) is 4.72 Å². The van der Waals surface area contributed by atoms with Crippen molar-refractivity contribution >= 4 is 16.0 Å². The number of hydrogen-bond donors (Lipinski definition) is 2. The molecule has 1 unspecified atom stereocenters. The average molecular weight is 263 g/mol. The van der Waals surface area contributed by atoms with Crippen LogP contribution in [0, 0.1) is 0 Å². The molecule has 96 valence electrons. The number of halogens is 3. The van der Waals surface area contributed by atoms with Gasteiger partial charge in [0.25, 0.3) is 0 Å². The molecular formula is C7H12F3NO4S. The van der Waals surface area contributed by atoms with Crippen LogP contribution in [0.5, 0.6) is 0 Å². The number of carboxylic acids is 1. The minimum atomic E-state index is -5.21. The maximum absolute atomic E-state index is 12.4. The van der Waals surface area contributed by atoms with Crippen LogP contribution in [0.2, 0.25) is 0 Å². The van der Waals surface area contributed by atoms with Gasteiger partial charge in [-0.2, -0.15) is 17.9 Å². The van der Waals surface area contributed by atoms with Crippen molar-refractivity contribution in [3.05, 3.63) is 0 Å². The van der Waals surface area contributed by atoms with E-state index < -0.39 is 33.5 Å². The molecule has 9 heteroatoms. The average Bonchev–Trinajstić information content (AvgIpc) is 1.99. The van der Waals surface area contributed by atoms with Crippen LogP contribution < -0.4 is 4.72 Å². The van der Waals surface area contributed by atoms with Gasteiger partial charge in [-0.15, -0.1) is 0 Å². The van der Waals surface area contributed by atoms with E-state index in [2.05, 4.69) is 0 Å². The summed E-state index contributed by atoms with van der Waals surface area (Å²) in [6, 6.07) is 0. The molecule has 5 nitrogen and oxygen atoms in total. The summed E-state index contributed by atoms with van der Waals surface area (Å²) in [5.74, 6) is -2.86. The van der Waals surface area contributed by atoms with Crippen molar-refractivity contribution in [2.45, 2.75) is 32.0 Å². The molecule has 16 heavy (non-hydrogen) atoms. The third-order valence-corrected chi connectivity index (χ3v) is 3.49. The van der Waals surface area contributed by atoms with Crippen LogP contribution >= 0.6 is 0 Å². The molecule has 0 amide bonds. The lowest BCUT2D eigenvalue weighted by atomic mass is 10.0. The highest BCUT2D eigenvalue weighted by atomic mass is 32.2. The maximum Gasteiger partial charge on any atom is 0.418 e. The second kappa shape index (κ2) is 4.58. The van der Waals surface area contributed by atoms with Gasteiger partial charge in [-0.25, -0.2) is 13.2 Å². The maximum atomic E-state index is 12.4. The fourth-order valence-electron chi connectivity index (χ4n) is 0.854. The summed E-state index contributed by atoms with van der Waals surface area (Å²) < 4.78 is 60.7. The molecule has 0 fully saturated rings. The van der Waals surface area contributed by atoms with Gasteiger partial charge in [0.15, 0.2) is 0 Å². The number of hydrogen-bond acceptors (Lipinski definition) is 3. The normalized spacial score (nSPS) is 16.8. The highest BCUT2D eigenvalue weighted by Gasteiger charge is 2.59. The summed E-state index contributed by atoms with van der Waals surface area (Å²) in [6.45, 7) is 1.72. The fraction of sp³-hybridized carbons (Fsp3) is 0.857. The van der Waals surface area contributed by atoms with Gasteiger partial charge in [0.1, 0.15) is 0 Å². The molecule has 0 bridgehead atoms. The summed E-state index contributed by atoms with van der Waals surface area (Å²) in [4.78, 5) is 10.5. The third-order valence-electron chi connectivity index (χ3n) is 1.83. The number of carbonyl (C=O) groups is 1. The summed E-state index contributed by atoms with van der Waals surface area (Å²) in [5.41, 5.74) is -3.50. The van der Waals surface area contributed by atoms with Crippen molar-refractivity contribution in [2.75, 3.05) is 5.75 Å². The number of carboxylic acid groups (broad SMARTS) is 1. The first-order valence-electron chi connectivity index (χ1n) is 4.28. The van der Waals surface area contributed by atoms with Crippen LogP contribution in [0.15, 0.2) is 0 Å². The first kappa shape index (κ1) is 15.2. The third kappa shape index (κ3) is 3.34. The molecule has 0 aliphatic rings. The largest absolute Gasteiger partial charge is 0.480 e. The van der Waals surface area contributed by atoms with E-state index in [-0.39, 0.29) is 13.3 Å². The van der Waals surface area contributed by atoms with Crippen LogP contribution in [-0.4, -0.2) is 37.0 Å². The Morgan fingerprint density at radius 1 is 1.38 bits per heavy atom.